The van der Waals surface area contributed by atoms with Gasteiger partial charge in [0.25, 0.3) is 0 Å². The van der Waals surface area contributed by atoms with E-state index in [0.717, 1.165) is 0 Å². The maximum Gasteiger partial charge on any atom is 0.338 e. The molecule has 0 aromatic heterocycles. The number of ether oxygens (including phenoxy) is 1. The second-order valence-corrected chi connectivity index (χ2v) is 7.34. The lowest BCUT2D eigenvalue weighted by Crippen LogP contribution is -2.17. The zero-order valence-corrected chi connectivity index (χ0v) is 14.9. The van der Waals surface area contributed by atoms with Crippen molar-refractivity contribution in [2.45, 2.75) is 19.6 Å². The number of rotatable bonds is 6. The Hall–Kier alpha value is -2.05. The highest BCUT2D eigenvalue weighted by atomic mass is 35.5. The fourth-order valence-electron chi connectivity index (χ4n) is 2.18. The predicted molar refractivity (Wildman–Crippen MR) is 94.8 cm³/mol. The molecule has 0 unspecified atom stereocenters. The van der Waals surface area contributed by atoms with Crippen LogP contribution < -0.4 is 4.72 Å². The standard InChI is InChI=1S/C17H18ClNO4S/c1-3-23-17(20)15-5-4-6-16(12(15)2)19-24(21,22)11-13-7-9-14(18)10-8-13/h4-10,19H,3,11H2,1-2H3. The molecule has 0 radical (unpaired) electrons. The first-order valence-corrected chi connectivity index (χ1v) is 9.37. The van der Waals surface area contributed by atoms with Gasteiger partial charge in [-0.2, -0.15) is 0 Å². The van der Waals surface area contributed by atoms with Crippen LogP contribution in [-0.2, 0) is 20.5 Å². The molecule has 0 bridgehead atoms. The summed E-state index contributed by atoms with van der Waals surface area (Å²) >= 11 is 5.80. The summed E-state index contributed by atoms with van der Waals surface area (Å²) in [5.41, 5.74) is 1.83. The van der Waals surface area contributed by atoms with E-state index in [2.05, 4.69) is 4.72 Å². The number of halogens is 1. The fourth-order valence-corrected chi connectivity index (χ4v) is 3.57. The van der Waals surface area contributed by atoms with Crippen molar-refractivity contribution in [2.75, 3.05) is 11.3 Å². The van der Waals surface area contributed by atoms with Crippen LogP contribution in [0.25, 0.3) is 0 Å². The Kier molecular flexibility index (Phi) is 5.85. The number of anilines is 1. The molecule has 0 atom stereocenters. The van der Waals surface area contributed by atoms with Crippen LogP contribution in [0.3, 0.4) is 0 Å². The van der Waals surface area contributed by atoms with E-state index >= 15 is 0 Å². The van der Waals surface area contributed by atoms with Crippen LogP contribution in [0.5, 0.6) is 0 Å². The molecule has 2 aromatic rings. The first-order valence-electron chi connectivity index (χ1n) is 7.34. The number of hydrogen-bond donors (Lipinski definition) is 1. The molecule has 2 aromatic carbocycles. The summed E-state index contributed by atoms with van der Waals surface area (Å²) in [7, 11) is -3.62. The lowest BCUT2D eigenvalue weighted by Gasteiger charge is -2.13. The van der Waals surface area contributed by atoms with E-state index in [0.29, 0.717) is 27.4 Å². The van der Waals surface area contributed by atoms with Gasteiger partial charge >= 0.3 is 5.97 Å². The van der Waals surface area contributed by atoms with Gasteiger partial charge in [0.05, 0.1) is 23.6 Å². The summed E-state index contributed by atoms with van der Waals surface area (Å²) in [6.45, 7) is 3.64. The SMILES string of the molecule is CCOC(=O)c1cccc(NS(=O)(=O)Cc2ccc(Cl)cc2)c1C. The molecule has 5 nitrogen and oxygen atoms in total. The minimum atomic E-state index is -3.62. The van der Waals surface area contributed by atoms with Gasteiger partial charge in [0.1, 0.15) is 0 Å². The maximum absolute atomic E-state index is 12.4. The third-order valence-electron chi connectivity index (χ3n) is 3.36. The highest BCUT2D eigenvalue weighted by Gasteiger charge is 2.17. The molecular weight excluding hydrogens is 350 g/mol. The Labute approximate surface area is 146 Å². The van der Waals surface area contributed by atoms with Crippen LogP contribution in [-0.4, -0.2) is 21.0 Å². The average molecular weight is 368 g/mol. The van der Waals surface area contributed by atoms with Gasteiger partial charge in [-0.1, -0.05) is 29.8 Å². The molecule has 0 fully saturated rings. The minimum Gasteiger partial charge on any atom is -0.462 e. The smallest absolute Gasteiger partial charge is 0.338 e. The molecule has 1 N–H and O–H groups in total. The number of carbonyl (C=O) groups excluding carboxylic acids is 1. The fraction of sp³-hybridized carbons (Fsp3) is 0.235. The molecule has 0 heterocycles. The monoisotopic (exact) mass is 367 g/mol. The minimum absolute atomic E-state index is 0.187. The first-order chi connectivity index (χ1) is 11.3. The van der Waals surface area contributed by atoms with Crippen molar-refractivity contribution in [1.29, 1.82) is 0 Å². The molecule has 0 spiro atoms. The van der Waals surface area contributed by atoms with Crippen LogP contribution in [0.15, 0.2) is 42.5 Å². The Morgan fingerprint density at radius 3 is 2.46 bits per heavy atom. The van der Waals surface area contributed by atoms with Crippen molar-refractivity contribution >= 4 is 33.3 Å². The van der Waals surface area contributed by atoms with E-state index in [1.54, 1.807) is 56.3 Å². The number of esters is 1. The van der Waals surface area contributed by atoms with Crippen molar-refractivity contribution < 1.29 is 17.9 Å². The van der Waals surface area contributed by atoms with Gasteiger partial charge in [-0.3, -0.25) is 4.72 Å². The second-order valence-electron chi connectivity index (χ2n) is 5.19. The van der Waals surface area contributed by atoms with Gasteiger partial charge in [-0.25, -0.2) is 13.2 Å². The molecule has 0 aliphatic rings. The molecule has 128 valence electrons. The van der Waals surface area contributed by atoms with Gasteiger partial charge in [0.15, 0.2) is 0 Å². The van der Waals surface area contributed by atoms with E-state index in [1.165, 1.54) is 0 Å². The van der Waals surface area contributed by atoms with E-state index < -0.39 is 16.0 Å². The maximum atomic E-state index is 12.4. The third kappa shape index (κ3) is 4.72. The molecule has 0 saturated carbocycles. The van der Waals surface area contributed by atoms with Gasteiger partial charge in [0.2, 0.25) is 10.0 Å². The lowest BCUT2D eigenvalue weighted by molar-refractivity contribution is 0.0525. The molecule has 7 heteroatoms. The summed E-state index contributed by atoms with van der Waals surface area (Å²) in [6, 6.07) is 11.4. The zero-order valence-electron chi connectivity index (χ0n) is 13.4. The topological polar surface area (TPSA) is 72.5 Å². The number of nitrogens with one attached hydrogen (secondary N) is 1. The van der Waals surface area contributed by atoms with Gasteiger partial charge in [-0.05, 0) is 49.2 Å². The van der Waals surface area contributed by atoms with Crippen LogP contribution in [0, 0.1) is 6.92 Å². The molecule has 0 aliphatic carbocycles. The number of benzene rings is 2. The molecular formula is C17H18ClNO4S. The van der Waals surface area contributed by atoms with Gasteiger partial charge in [0, 0.05) is 5.02 Å². The molecule has 24 heavy (non-hydrogen) atoms. The van der Waals surface area contributed by atoms with Crippen LogP contribution in [0.4, 0.5) is 5.69 Å². The average Bonchev–Trinajstić information content (AvgIpc) is 2.51. The van der Waals surface area contributed by atoms with Gasteiger partial charge in [-0.15, -0.1) is 0 Å². The van der Waals surface area contributed by atoms with Crippen molar-refractivity contribution in [1.82, 2.24) is 0 Å². The number of hydrogen-bond acceptors (Lipinski definition) is 4. The molecule has 2 rings (SSSR count). The summed E-state index contributed by atoms with van der Waals surface area (Å²) in [4.78, 5) is 11.9. The normalized spacial score (nSPS) is 11.1. The Morgan fingerprint density at radius 1 is 1.17 bits per heavy atom. The number of sulfonamides is 1. The van der Waals surface area contributed by atoms with E-state index in [1.807, 2.05) is 0 Å². The Bertz CT molecular complexity index is 832. The molecule has 0 saturated heterocycles. The quantitative estimate of drug-likeness (QED) is 0.789. The zero-order chi connectivity index (χ0) is 17.7. The predicted octanol–water partition coefficient (Wildman–Crippen LogP) is 3.77. The van der Waals surface area contributed by atoms with Crippen molar-refractivity contribution in [3.05, 3.63) is 64.2 Å². The lowest BCUT2D eigenvalue weighted by atomic mass is 10.1. The Balaban J connectivity index is 2.21. The summed E-state index contributed by atoms with van der Waals surface area (Å²) < 4.78 is 32.2. The summed E-state index contributed by atoms with van der Waals surface area (Å²) in [5, 5.41) is 0.544. The molecule has 0 amide bonds. The molecule has 0 aliphatic heterocycles. The van der Waals surface area contributed by atoms with Crippen LogP contribution >= 0.6 is 11.6 Å². The summed E-state index contributed by atoms with van der Waals surface area (Å²) in [6.07, 6.45) is 0. The highest BCUT2D eigenvalue weighted by molar-refractivity contribution is 7.91. The van der Waals surface area contributed by atoms with Crippen molar-refractivity contribution in [2.24, 2.45) is 0 Å². The number of carbonyl (C=O) groups is 1. The second kappa shape index (κ2) is 7.68. The van der Waals surface area contributed by atoms with Crippen LogP contribution in [0.2, 0.25) is 5.02 Å². The van der Waals surface area contributed by atoms with E-state index in [-0.39, 0.29) is 12.4 Å². The Morgan fingerprint density at radius 2 is 1.83 bits per heavy atom. The van der Waals surface area contributed by atoms with Crippen molar-refractivity contribution in [3.63, 3.8) is 0 Å². The largest absolute Gasteiger partial charge is 0.462 e. The van der Waals surface area contributed by atoms with Crippen molar-refractivity contribution in [3.8, 4) is 0 Å². The van der Waals surface area contributed by atoms with E-state index in [9.17, 15) is 13.2 Å². The summed E-state index contributed by atoms with van der Waals surface area (Å²) in [5.74, 6) is -0.665. The first kappa shape index (κ1) is 18.3. The van der Waals surface area contributed by atoms with Gasteiger partial charge < -0.3 is 4.74 Å². The highest BCUT2D eigenvalue weighted by Crippen LogP contribution is 2.22. The third-order valence-corrected chi connectivity index (χ3v) is 4.86. The van der Waals surface area contributed by atoms with E-state index in [4.69, 9.17) is 16.3 Å². The van der Waals surface area contributed by atoms with Crippen LogP contribution in [0.1, 0.15) is 28.4 Å².